The molecule has 0 spiro atoms. The largest absolute Gasteiger partial charge is 0.459 e. The molecule has 1 aliphatic carbocycles. The van der Waals surface area contributed by atoms with Crippen LogP contribution in [0.15, 0.2) is 12.5 Å². The summed E-state index contributed by atoms with van der Waals surface area (Å²) in [6.45, 7) is 11.6. The Morgan fingerprint density at radius 3 is 2.08 bits per heavy atom. The van der Waals surface area contributed by atoms with Crippen molar-refractivity contribution in [1.29, 1.82) is 0 Å². The molecule has 2 heterocycles. The Bertz CT molecular complexity index is 1150. The first-order chi connectivity index (χ1) is 18.4. The molecule has 13 heteroatoms. The van der Waals surface area contributed by atoms with Crippen molar-refractivity contribution in [2.75, 3.05) is 31.2 Å². The molecule has 0 atom stereocenters. The van der Waals surface area contributed by atoms with E-state index in [1.165, 1.54) is 4.31 Å². The molecule has 12 nitrogen and oxygen atoms in total. The molecule has 0 unspecified atom stereocenters. The van der Waals surface area contributed by atoms with Gasteiger partial charge in [-0.3, -0.25) is 9.59 Å². The third-order valence-corrected chi connectivity index (χ3v) is 8.28. The van der Waals surface area contributed by atoms with E-state index in [0.717, 1.165) is 19.1 Å². The average molecular weight is 584 g/mol. The number of anilines is 1. The van der Waals surface area contributed by atoms with Gasteiger partial charge in [0.05, 0.1) is 12.6 Å². The van der Waals surface area contributed by atoms with E-state index in [9.17, 15) is 22.8 Å². The molecule has 1 aromatic heterocycles. The van der Waals surface area contributed by atoms with Gasteiger partial charge in [0.15, 0.2) is 5.82 Å². The summed E-state index contributed by atoms with van der Waals surface area (Å²) >= 11 is 0. The highest BCUT2D eigenvalue weighted by Gasteiger charge is 2.35. The van der Waals surface area contributed by atoms with E-state index in [4.69, 9.17) is 9.47 Å². The van der Waals surface area contributed by atoms with E-state index in [-0.39, 0.29) is 36.5 Å². The van der Waals surface area contributed by atoms with Gasteiger partial charge in [-0.2, -0.15) is 4.31 Å². The molecule has 1 saturated carbocycles. The molecule has 3 rings (SSSR count). The number of imidazole rings is 1. The first-order valence-electron chi connectivity index (χ1n) is 13.9. The van der Waals surface area contributed by atoms with Crippen molar-refractivity contribution in [2.45, 2.75) is 103 Å². The van der Waals surface area contributed by atoms with Crippen molar-refractivity contribution in [3.8, 4) is 0 Å². The van der Waals surface area contributed by atoms with Crippen LogP contribution < -0.4 is 5.32 Å². The fourth-order valence-corrected chi connectivity index (χ4v) is 6.24. The van der Waals surface area contributed by atoms with Crippen LogP contribution in [-0.4, -0.2) is 88.3 Å². The summed E-state index contributed by atoms with van der Waals surface area (Å²) in [5, 5.41) is 2.89. The highest BCUT2D eigenvalue weighted by molar-refractivity contribution is 7.88. The Kier molecular flexibility index (Phi) is 9.92. The predicted molar refractivity (Wildman–Crippen MR) is 150 cm³/mol. The zero-order valence-electron chi connectivity index (χ0n) is 24.8. The first-order valence-corrected chi connectivity index (χ1v) is 15.8. The highest BCUT2D eigenvalue weighted by Crippen LogP contribution is 2.30. The number of ether oxygens (including phenoxy) is 2. The summed E-state index contributed by atoms with van der Waals surface area (Å²) in [7, 11) is -3.64. The SMILES string of the molecule is CC(C)(C)OC(=O)CN(C1CCC(C(=O)Nc2cn(C3CCN(C(=O)OC(C)(C)C)CC3)cn2)CC1)S(C)(=O)=O. The van der Waals surface area contributed by atoms with E-state index < -0.39 is 27.2 Å². The van der Waals surface area contributed by atoms with Crippen LogP contribution in [0.4, 0.5) is 10.6 Å². The van der Waals surface area contributed by atoms with E-state index in [0.29, 0.717) is 44.6 Å². The van der Waals surface area contributed by atoms with E-state index in [1.807, 2.05) is 31.5 Å². The maximum absolute atomic E-state index is 13.0. The second kappa shape index (κ2) is 12.5. The van der Waals surface area contributed by atoms with Crippen molar-refractivity contribution >= 4 is 33.8 Å². The van der Waals surface area contributed by atoms with Crippen molar-refractivity contribution in [1.82, 2.24) is 18.8 Å². The topological polar surface area (TPSA) is 140 Å². The number of likely N-dealkylation sites (tertiary alicyclic amines) is 1. The van der Waals surface area contributed by atoms with Gasteiger partial charge in [-0.1, -0.05) is 0 Å². The van der Waals surface area contributed by atoms with Crippen LogP contribution in [0.2, 0.25) is 0 Å². The summed E-state index contributed by atoms with van der Waals surface area (Å²) < 4.78 is 38.8. The lowest BCUT2D eigenvalue weighted by Crippen LogP contribution is -2.46. The summed E-state index contributed by atoms with van der Waals surface area (Å²) in [6.07, 6.45) is 7.75. The van der Waals surface area contributed by atoms with Gasteiger partial charge >= 0.3 is 12.1 Å². The van der Waals surface area contributed by atoms with E-state index in [1.54, 1.807) is 32.0 Å². The van der Waals surface area contributed by atoms with Gasteiger partial charge in [-0.05, 0) is 80.1 Å². The monoisotopic (exact) mass is 583 g/mol. The summed E-state index contributed by atoms with van der Waals surface area (Å²) in [5.74, 6) is -0.559. The lowest BCUT2D eigenvalue weighted by atomic mass is 9.85. The number of hydrogen-bond acceptors (Lipinski definition) is 8. The number of piperidine rings is 1. The number of carbonyl (C=O) groups is 3. The van der Waals surface area contributed by atoms with Crippen LogP contribution in [0.25, 0.3) is 0 Å². The van der Waals surface area contributed by atoms with Gasteiger partial charge < -0.3 is 24.3 Å². The summed E-state index contributed by atoms with van der Waals surface area (Å²) in [6, 6.07) is -0.198. The van der Waals surface area contributed by atoms with Crippen LogP contribution in [0.3, 0.4) is 0 Å². The Hall–Kier alpha value is -2.67. The third-order valence-electron chi connectivity index (χ3n) is 7.00. The van der Waals surface area contributed by atoms with Crippen molar-refractivity contribution < 1.29 is 32.3 Å². The molecule has 1 aliphatic heterocycles. The second-order valence-corrected chi connectivity index (χ2v) is 14.7. The molecule has 2 aliphatic rings. The zero-order chi connectivity index (χ0) is 29.9. The minimum Gasteiger partial charge on any atom is -0.459 e. The molecule has 0 radical (unpaired) electrons. The zero-order valence-corrected chi connectivity index (χ0v) is 25.6. The van der Waals surface area contributed by atoms with Gasteiger partial charge in [0.1, 0.15) is 17.7 Å². The molecule has 2 fully saturated rings. The van der Waals surface area contributed by atoms with Gasteiger partial charge in [0.25, 0.3) is 0 Å². The number of sulfonamides is 1. The van der Waals surface area contributed by atoms with Crippen molar-refractivity contribution in [3.63, 3.8) is 0 Å². The fraction of sp³-hybridized carbons (Fsp3) is 0.778. The van der Waals surface area contributed by atoms with Gasteiger partial charge in [0, 0.05) is 37.3 Å². The number of esters is 1. The molecular weight excluding hydrogens is 538 g/mol. The highest BCUT2D eigenvalue weighted by atomic mass is 32.2. The Morgan fingerprint density at radius 2 is 1.55 bits per heavy atom. The van der Waals surface area contributed by atoms with Crippen LogP contribution >= 0.6 is 0 Å². The molecule has 1 N–H and O–H groups in total. The summed E-state index contributed by atoms with van der Waals surface area (Å²) in [5.41, 5.74) is -1.24. The van der Waals surface area contributed by atoms with Crippen LogP contribution in [0.5, 0.6) is 0 Å². The minimum atomic E-state index is -3.64. The van der Waals surface area contributed by atoms with E-state index in [2.05, 4.69) is 10.3 Å². The molecule has 0 bridgehead atoms. The van der Waals surface area contributed by atoms with Crippen molar-refractivity contribution in [2.24, 2.45) is 5.92 Å². The lowest BCUT2D eigenvalue weighted by Gasteiger charge is -2.34. The second-order valence-electron chi connectivity index (χ2n) is 12.8. The molecule has 2 amide bonds. The average Bonchev–Trinajstić information content (AvgIpc) is 3.28. The number of hydrogen-bond donors (Lipinski definition) is 1. The third kappa shape index (κ3) is 9.46. The van der Waals surface area contributed by atoms with E-state index >= 15 is 0 Å². The number of amides is 2. The maximum atomic E-state index is 13.0. The number of nitrogens with zero attached hydrogens (tertiary/aromatic N) is 4. The standard InChI is InChI=1S/C27H45N5O7S/c1-26(2,3)38-23(33)17-32(40(7,36)37)21-10-8-19(9-11-21)24(34)29-22-16-31(18-28-22)20-12-14-30(15-13-20)25(35)39-27(4,5)6/h16,18-21H,8-15,17H2,1-7H3,(H,29,34). The van der Waals surface area contributed by atoms with Gasteiger partial charge in [-0.15, -0.1) is 0 Å². The number of rotatable bonds is 7. The number of aromatic nitrogens is 2. The Labute approximate surface area is 237 Å². The maximum Gasteiger partial charge on any atom is 0.410 e. The summed E-state index contributed by atoms with van der Waals surface area (Å²) in [4.78, 5) is 43.7. The van der Waals surface area contributed by atoms with Crippen LogP contribution in [-0.2, 0) is 29.1 Å². The lowest BCUT2D eigenvalue weighted by molar-refractivity contribution is -0.155. The molecule has 0 aromatic carbocycles. The smallest absolute Gasteiger partial charge is 0.410 e. The molecule has 40 heavy (non-hydrogen) atoms. The Balaban J connectivity index is 1.49. The molecular formula is C27H45N5O7S. The predicted octanol–water partition coefficient (Wildman–Crippen LogP) is 3.56. The molecule has 1 aromatic rings. The van der Waals surface area contributed by atoms with Gasteiger partial charge in [0.2, 0.25) is 15.9 Å². The Morgan fingerprint density at radius 1 is 0.975 bits per heavy atom. The minimum absolute atomic E-state index is 0.151. The van der Waals surface area contributed by atoms with Gasteiger partial charge in [-0.25, -0.2) is 18.2 Å². The van der Waals surface area contributed by atoms with Crippen LogP contribution in [0.1, 0.15) is 86.1 Å². The first kappa shape index (κ1) is 31.9. The van der Waals surface area contributed by atoms with Crippen molar-refractivity contribution in [3.05, 3.63) is 12.5 Å². The fourth-order valence-electron chi connectivity index (χ4n) is 5.15. The normalized spacial score (nSPS) is 21.2. The number of nitrogens with one attached hydrogen (secondary N) is 1. The quantitative estimate of drug-likeness (QED) is 0.481. The van der Waals surface area contributed by atoms with Crippen LogP contribution in [0, 0.1) is 5.92 Å². The molecule has 226 valence electrons. The molecule has 1 saturated heterocycles. The number of carbonyl (C=O) groups excluding carboxylic acids is 3.